The number of nitrogens with zero attached hydrogens (tertiary/aromatic N) is 4. The second-order valence-electron chi connectivity index (χ2n) is 6.60. The van der Waals surface area contributed by atoms with Gasteiger partial charge in [-0.25, -0.2) is 9.18 Å². The lowest BCUT2D eigenvalue weighted by Crippen LogP contribution is -2.33. The predicted octanol–water partition coefficient (Wildman–Crippen LogP) is 3.54. The topological polar surface area (TPSA) is 79.5 Å². The number of halogens is 1. The number of imide groups is 1. The minimum absolute atomic E-state index is 0.124. The molecule has 1 unspecified atom stereocenters. The third kappa shape index (κ3) is 3.13. The van der Waals surface area contributed by atoms with Crippen molar-refractivity contribution in [2.24, 2.45) is 0 Å². The molecule has 3 aromatic rings. The molecule has 2 aromatic carbocycles. The molecule has 2 heterocycles. The third-order valence-corrected chi connectivity index (χ3v) is 4.61. The number of rotatable bonds is 4. The number of aromatic nitrogens is 2. The van der Waals surface area contributed by atoms with Gasteiger partial charge in [-0.1, -0.05) is 17.7 Å². The van der Waals surface area contributed by atoms with Gasteiger partial charge in [0.25, 0.3) is 5.91 Å². The van der Waals surface area contributed by atoms with Crippen molar-refractivity contribution in [1.82, 2.24) is 15.1 Å². The average Bonchev–Trinajstić information content (AvgIpc) is 3.23. The largest absolute Gasteiger partial charge is 0.419 e. The molecule has 3 amide bonds. The van der Waals surface area contributed by atoms with Crippen LogP contribution in [0, 0.1) is 12.7 Å². The molecule has 1 aliphatic rings. The number of anilines is 1. The molecule has 7 nitrogen and oxygen atoms in total. The summed E-state index contributed by atoms with van der Waals surface area (Å²) in [6.45, 7) is 3.50. The fourth-order valence-electron chi connectivity index (χ4n) is 3.07. The summed E-state index contributed by atoms with van der Waals surface area (Å²) in [6, 6.07) is 11.9. The van der Waals surface area contributed by atoms with Crippen LogP contribution in [0.25, 0.3) is 11.5 Å². The van der Waals surface area contributed by atoms with Gasteiger partial charge in [-0.15, -0.1) is 10.2 Å². The smallest absolute Gasteiger partial charge is 0.332 e. The summed E-state index contributed by atoms with van der Waals surface area (Å²) in [7, 11) is 0. The van der Waals surface area contributed by atoms with Gasteiger partial charge in [0, 0.05) is 11.3 Å². The van der Waals surface area contributed by atoms with E-state index in [-0.39, 0.29) is 30.1 Å². The molecule has 0 bridgehead atoms. The van der Waals surface area contributed by atoms with Gasteiger partial charge in [0.2, 0.25) is 11.8 Å². The van der Waals surface area contributed by atoms with E-state index in [0.29, 0.717) is 11.3 Å². The van der Waals surface area contributed by atoms with Crippen LogP contribution in [0.1, 0.15) is 18.4 Å². The molecule has 1 atom stereocenters. The van der Waals surface area contributed by atoms with Crippen LogP contribution in [0.5, 0.6) is 0 Å². The van der Waals surface area contributed by atoms with Gasteiger partial charge in [0.15, 0.2) is 0 Å². The molecular formula is C20H17FN4O3. The molecule has 28 heavy (non-hydrogen) atoms. The first-order valence-corrected chi connectivity index (χ1v) is 8.73. The number of aryl methyl sites for hydroxylation is 1. The van der Waals surface area contributed by atoms with Gasteiger partial charge in [0.1, 0.15) is 18.4 Å². The van der Waals surface area contributed by atoms with Crippen LogP contribution < -0.4 is 4.90 Å². The zero-order chi connectivity index (χ0) is 19.8. The standard InChI is InChI=1S/C20H17FN4O3/c1-12-3-9-16(10-4-12)25-13(2)19(26)24(20(25)27)11-17-22-23-18(28-17)14-5-7-15(21)8-6-14/h3-10,13H,11H2,1-2H3. The Morgan fingerprint density at radius 1 is 1.04 bits per heavy atom. The van der Waals surface area contributed by atoms with Crippen molar-refractivity contribution in [2.45, 2.75) is 26.4 Å². The molecule has 0 saturated carbocycles. The summed E-state index contributed by atoms with van der Waals surface area (Å²) in [5, 5.41) is 7.82. The first-order chi connectivity index (χ1) is 13.4. The molecule has 142 valence electrons. The highest BCUT2D eigenvalue weighted by Gasteiger charge is 2.43. The first kappa shape index (κ1) is 17.8. The number of urea groups is 1. The quantitative estimate of drug-likeness (QED) is 0.647. The minimum Gasteiger partial charge on any atom is -0.419 e. The Hall–Kier alpha value is -3.55. The van der Waals surface area contributed by atoms with Crippen LogP contribution in [0.3, 0.4) is 0 Å². The zero-order valence-corrected chi connectivity index (χ0v) is 15.3. The lowest BCUT2D eigenvalue weighted by atomic mass is 10.2. The molecule has 1 aliphatic heterocycles. The summed E-state index contributed by atoms with van der Waals surface area (Å²) < 4.78 is 18.6. The number of amides is 3. The molecule has 1 saturated heterocycles. The zero-order valence-electron chi connectivity index (χ0n) is 15.3. The van der Waals surface area contributed by atoms with E-state index in [1.165, 1.54) is 29.2 Å². The second-order valence-corrected chi connectivity index (χ2v) is 6.60. The Kier molecular flexibility index (Phi) is 4.38. The van der Waals surface area contributed by atoms with E-state index < -0.39 is 12.1 Å². The average molecular weight is 380 g/mol. The maximum absolute atomic E-state index is 13.0. The Bertz CT molecular complexity index is 1030. The molecule has 0 aliphatic carbocycles. The molecule has 1 aromatic heterocycles. The van der Waals surface area contributed by atoms with Crippen molar-refractivity contribution in [3.05, 3.63) is 65.8 Å². The Labute approximate surface area is 160 Å². The van der Waals surface area contributed by atoms with Crippen molar-refractivity contribution >= 4 is 17.6 Å². The van der Waals surface area contributed by atoms with Crippen molar-refractivity contribution in [3.63, 3.8) is 0 Å². The summed E-state index contributed by atoms with van der Waals surface area (Å²) in [5.74, 6) is -0.398. The van der Waals surface area contributed by atoms with Crippen LogP contribution in [-0.2, 0) is 11.3 Å². The second kappa shape index (κ2) is 6.88. The van der Waals surface area contributed by atoms with Gasteiger partial charge in [0.05, 0.1) is 0 Å². The van der Waals surface area contributed by atoms with E-state index >= 15 is 0 Å². The molecule has 0 N–H and O–H groups in total. The molecule has 0 radical (unpaired) electrons. The van der Waals surface area contributed by atoms with E-state index in [1.807, 2.05) is 19.1 Å². The lowest BCUT2D eigenvalue weighted by Gasteiger charge is -2.19. The molecular weight excluding hydrogens is 363 g/mol. The first-order valence-electron chi connectivity index (χ1n) is 8.73. The van der Waals surface area contributed by atoms with Gasteiger partial charge in [-0.05, 0) is 50.2 Å². The fourth-order valence-corrected chi connectivity index (χ4v) is 3.07. The third-order valence-electron chi connectivity index (χ3n) is 4.61. The summed E-state index contributed by atoms with van der Waals surface area (Å²) in [6.07, 6.45) is 0. The number of carbonyl (C=O) groups excluding carboxylic acids is 2. The number of carbonyl (C=O) groups is 2. The van der Waals surface area contributed by atoms with Gasteiger partial charge < -0.3 is 4.42 Å². The van der Waals surface area contributed by atoms with E-state index in [1.54, 1.807) is 19.1 Å². The fraction of sp³-hybridized carbons (Fsp3) is 0.200. The molecule has 8 heteroatoms. The lowest BCUT2D eigenvalue weighted by molar-refractivity contribution is -0.127. The van der Waals surface area contributed by atoms with Crippen LogP contribution in [0.2, 0.25) is 0 Å². The molecule has 1 fully saturated rings. The summed E-state index contributed by atoms with van der Waals surface area (Å²) in [5.41, 5.74) is 2.26. The predicted molar refractivity (Wildman–Crippen MR) is 98.8 cm³/mol. The maximum Gasteiger partial charge on any atom is 0.332 e. The van der Waals surface area contributed by atoms with E-state index in [0.717, 1.165) is 10.5 Å². The maximum atomic E-state index is 13.0. The van der Waals surface area contributed by atoms with Gasteiger partial charge in [-0.2, -0.15) is 0 Å². The van der Waals surface area contributed by atoms with Crippen LogP contribution >= 0.6 is 0 Å². The normalized spacial score (nSPS) is 16.9. The Balaban J connectivity index is 1.55. The van der Waals surface area contributed by atoms with Crippen molar-refractivity contribution in [3.8, 4) is 11.5 Å². The summed E-state index contributed by atoms with van der Waals surface area (Å²) >= 11 is 0. The summed E-state index contributed by atoms with van der Waals surface area (Å²) in [4.78, 5) is 28.0. The molecule has 4 rings (SSSR count). The number of hydrogen-bond donors (Lipinski definition) is 0. The SMILES string of the molecule is Cc1ccc(N2C(=O)N(Cc3nnc(-c4ccc(F)cc4)o3)C(=O)C2C)cc1. The monoisotopic (exact) mass is 380 g/mol. The Morgan fingerprint density at radius 3 is 2.39 bits per heavy atom. The highest BCUT2D eigenvalue weighted by Crippen LogP contribution is 2.27. The van der Waals surface area contributed by atoms with Crippen molar-refractivity contribution < 1.29 is 18.4 Å². The highest BCUT2D eigenvalue weighted by molar-refractivity contribution is 6.13. The van der Waals surface area contributed by atoms with E-state index in [2.05, 4.69) is 10.2 Å². The van der Waals surface area contributed by atoms with Crippen LogP contribution in [0.4, 0.5) is 14.9 Å². The number of benzene rings is 2. The van der Waals surface area contributed by atoms with E-state index in [9.17, 15) is 14.0 Å². The minimum atomic E-state index is -0.630. The van der Waals surface area contributed by atoms with Crippen molar-refractivity contribution in [1.29, 1.82) is 0 Å². The van der Waals surface area contributed by atoms with Crippen LogP contribution in [-0.4, -0.2) is 33.1 Å². The highest BCUT2D eigenvalue weighted by atomic mass is 19.1. The Morgan fingerprint density at radius 2 is 1.71 bits per heavy atom. The van der Waals surface area contributed by atoms with Gasteiger partial charge >= 0.3 is 6.03 Å². The van der Waals surface area contributed by atoms with Gasteiger partial charge in [-0.3, -0.25) is 14.6 Å². The number of hydrogen-bond acceptors (Lipinski definition) is 5. The van der Waals surface area contributed by atoms with Crippen LogP contribution in [0.15, 0.2) is 52.9 Å². The molecule has 0 spiro atoms. The van der Waals surface area contributed by atoms with Crippen molar-refractivity contribution in [2.75, 3.05) is 4.90 Å². The van der Waals surface area contributed by atoms with E-state index in [4.69, 9.17) is 4.42 Å².